The van der Waals surface area contributed by atoms with Crippen LogP contribution >= 0.6 is 0 Å². The van der Waals surface area contributed by atoms with Crippen LogP contribution < -0.4 is 16.2 Å². The van der Waals surface area contributed by atoms with Crippen molar-refractivity contribution in [2.24, 2.45) is 0 Å². The lowest BCUT2D eigenvalue weighted by atomic mass is 10.1. The summed E-state index contributed by atoms with van der Waals surface area (Å²) in [5.74, 6) is 3.12. The number of benzene rings is 3. The number of hydrogen-bond donors (Lipinski definition) is 3. The summed E-state index contributed by atoms with van der Waals surface area (Å²) in [7, 11) is 2.08. The summed E-state index contributed by atoms with van der Waals surface area (Å²) in [5, 5.41) is 7.06. The number of halogens is 3. The van der Waals surface area contributed by atoms with Gasteiger partial charge in [0.25, 0.3) is 11.5 Å². The number of H-pyrrole nitrogens is 1. The number of rotatable bonds is 8. The van der Waals surface area contributed by atoms with Gasteiger partial charge >= 0.3 is 0 Å². The molecule has 1 aliphatic rings. The lowest BCUT2D eigenvalue weighted by molar-refractivity contribution is 0.0763. The highest BCUT2D eigenvalue weighted by atomic mass is 19.2. The van der Waals surface area contributed by atoms with Gasteiger partial charge < -0.3 is 25.4 Å². The standard InChI is InChI=1S/C35H31F3N8O2/c1-45-13-10-25(11-14-45)42-32-9-6-26(17-30(32)38)43-35-40-18-24-15-22(5-8-31(24)44-35)3-2-12-46(20-23-4-7-28(36)29(37)16-23)34(48)27-19-39-21-41-33(27)47/h4-9,15-19,21,25,42H,10-14,20H2,1H3,(H,39,41,47)(H,40,43,44). The molecule has 0 unspecified atom stereocenters. The third-order valence-electron chi connectivity index (χ3n) is 7.98. The van der Waals surface area contributed by atoms with Gasteiger partial charge in [0.15, 0.2) is 11.6 Å². The van der Waals surface area contributed by atoms with Crippen LogP contribution in [0.25, 0.3) is 10.9 Å². The van der Waals surface area contributed by atoms with Crippen molar-refractivity contribution in [2.45, 2.75) is 25.4 Å². The quantitative estimate of drug-likeness (QED) is 0.199. The smallest absolute Gasteiger partial charge is 0.263 e. The summed E-state index contributed by atoms with van der Waals surface area (Å²) in [6.07, 6.45) is 5.84. The maximum atomic E-state index is 14.9. The number of carbonyl (C=O) groups excluding carboxylic acids is 1. The molecule has 3 heterocycles. The molecule has 1 saturated heterocycles. The number of aromatic nitrogens is 4. The highest BCUT2D eigenvalue weighted by Crippen LogP contribution is 2.24. The van der Waals surface area contributed by atoms with Crippen LogP contribution in [0.1, 0.15) is 34.3 Å². The van der Waals surface area contributed by atoms with Gasteiger partial charge in [-0.1, -0.05) is 17.9 Å². The fraction of sp³-hybridized carbons (Fsp3) is 0.229. The molecule has 0 aliphatic carbocycles. The summed E-state index contributed by atoms with van der Waals surface area (Å²) in [4.78, 5) is 44.0. The molecule has 10 nitrogen and oxygen atoms in total. The van der Waals surface area contributed by atoms with E-state index in [1.165, 1.54) is 17.0 Å². The molecule has 1 aliphatic heterocycles. The average Bonchev–Trinajstić information content (AvgIpc) is 3.08. The van der Waals surface area contributed by atoms with Gasteiger partial charge in [-0.2, -0.15) is 0 Å². The Hall–Kier alpha value is -5.74. The minimum atomic E-state index is -1.05. The molecule has 48 heavy (non-hydrogen) atoms. The Kier molecular flexibility index (Phi) is 9.63. The molecule has 244 valence electrons. The zero-order chi connectivity index (χ0) is 33.6. The first-order valence-electron chi connectivity index (χ1n) is 15.2. The minimum Gasteiger partial charge on any atom is -0.380 e. The van der Waals surface area contributed by atoms with E-state index in [1.807, 2.05) is 0 Å². The molecule has 1 amide bonds. The predicted octanol–water partition coefficient (Wildman–Crippen LogP) is 5.07. The molecule has 6 rings (SSSR count). The van der Waals surface area contributed by atoms with Gasteiger partial charge in [-0.3, -0.25) is 9.59 Å². The Morgan fingerprint density at radius 1 is 1.02 bits per heavy atom. The lowest BCUT2D eigenvalue weighted by Crippen LogP contribution is -2.36. The van der Waals surface area contributed by atoms with Crippen molar-refractivity contribution < 1.29 is 18.0 Å². The number of anilines is 3. The molecule has 2 aromatic heterocycles. The summed E-state index contributed by atoms with van der Waals surface area (Å²) < 4.78 is 42.2. The van der Waals surface area contributed by atoms with E-state index in [0.717, 1.165) is 50.6 Å². The molecule has 0 spiro atoms. The van der Waals surface area contributed by atoms with Crippen LogP contribution in [0.5, 0.6) is 0 Å². The van der Waals surface area contributed by atoms with Crippen molar-refractivity contribution >= 4 is 34.1 Å². The second-order valence-electron chi connectivity index (χ2n) is 11.5. The van der Waals surface area contributed by atoms with E-state index < -0.39 is 23.1 Å². The monoisotopic (exact) mass is 652 g/mol. The van der Waals surface area contributed by atoms with Gasteiger partial charge in [0, 0.05) is 41.6 Å². The number of aromatic amines is 1. The van der Waals surface area contributed by atoms with Crippen molar-refractivity contribution in [1.29, 1.82) is 0 Å². The number of carbonyl (C=O) groups is 1. The number of nitrogens with one attached hydrogen (secondary N) is 3. The largest absolute Gasteiger partial charge is 0.380 e. The van der Waals surface area contributed by atoms with Gasteiger partial charge in [0.05, 0.1) is 24.1 Å². The summed E-state index contributed by atoms with van der Waals surface area (Å²) in [6, 6.07) is 13.7. The van der Waals surface area contributed by atoms with Crippen molar-refractivity contribution in [2.75, 3.05) is 37.3 Å². The second kappa shape index (κ2) is 14.4. The first-order chi connectivity index (χ1) is 23.2. The Morgan fingerprint density at radius 2 is 1.85 bits per heavy atom. The third kappa shape index (κ3) is 7.79. The van der Waals surface area contributed by atoms with Crippen molar-refractivity contribution in [3.63, 3.8) is 0 Å². The van der Waals surface area contributed by atoms with Crippen molar-refractivity contribution in [3.8, 4) is 11.8 Å². The van der Waals surface area contributed by atoms with Gasteiger partial charge in [0.1, 0.15) is 11.4 Å². The molecule has 3 aromatic carbocycles. The molecule has 13 heteroatoms. The summed E-state index contributed by atoms with van der Waals surface area (Å²) in [6.45, 7) is 1.71. The topological polar surface area (TPSA) is 119 Å². The molecule has 3 N–H and O–H groups in total. The number of hydrogen-bond acceptors (Lipinski definition) is 8. The molecule has 0 atom stereocenters. The number of nitrogens with zero attached hydrogens (tertiary/aromatic N) is 5. The number of amides is 1. The van der Waals surface area contributed by atoms with Crippen molar-refractivity contribution in [1.82, 2.24) is 29.7 Å². The summed E-state index contributed by atoms with van der Waals surface area (Å²) >= 11 is 0. The zero-order valence-electron chi connectivity index (χ0n) is 25.9. The first-order valence-corrected chi connectivity index (χ1v) is 15.2. The van der Waals surface area contributed by atoms with E-state index >= 15 is 0 Å². The average molecular weight is 653 g/mol. The third-order valence-corrected chi connectivity index (χ3v) is 7.98. The molecule has 0 radical (unpaired) electrons. The predicted molar refractivity (Wildman–Crippen MR) is 176 cm³/mol. The second-order valence-corrected chi connectivity index (χ2v) is 11.5. The molecule has 0 saturated carbocycles. The van der Waals surface area contributed by atoms with E-state index in [1.54, 1.807) is 36.5 Å². The Bertz CT molecular complexity index is 2090. The molecule has 1 fully saturated rings. The van der Waals surface area contributed by atoms with Crippen LogP contribution in [-0.4, -0.2) is 68.4 Å². The lowest BCUT2D eigenvalue weighted by Gasteiger charge is -2.30. The summed E-state index contributed by atoms with van der Waals surface area (Å²) in [5.41, 5.74) is 1.69. The van der Waals surface area contributed by atoms with Crippen LogP contribution in [0.15, 0.2) is 78.1 Å². The molecule has 5 aromatic rings. The SMILES string of the molecule is CN1CCC(Nc2ccc(Nc3ncc4cc(C#CCN(Cc5ccc(F)c(F)c5)C(=O)c5cnc[nH]c5=O)ccc4n3)cc2F)CC1. The van der Waals surface area contributed by atoms with E-state index in [-0.39, 0.29) is 30.5 Å². The Labute approximate surface area is 274 Å². The van der Waals surface area contributed by atoms with Gasteiger partial charge in [-0.25, -0.2) is 28.1 Å². The van der Waals surface area contributed by atoms with Crippen LogP contribution in [0, 0.1) is 29.3 Å². The van der Waals surface area contributed by atoms with Crippen LogP contribution in [-0.2, 0) is 6.54 Å². The highest BCUT2D eigenvalue weighted by Gasteiger charge is 2.20. The maximum Gasteiger partial charge on any atom is 0.263 e. The normalized spacial score (nSPS) is 13.5. The van der Waals surface area contributed by atoms with E-state index in [4.69, 9.17) is 0 Å². The zero-order valence-corrected chi connectivity index (χ0v) is 25.9. The fourth-order valence-corrected chi connectivity index (χ4v) is 5.34. The number of piperidine rings is 1. The minimum absolute atomic E-state index is 0.119. The van der Waals surface area contributed by atoms with E-state index in [2.05, 4.69) is 54.4 Å². The number of fused-ring (bicyclic) bond motifs is 1. The van der Waals surface area contributed by atoms with E-state index in [0.29, 0.717) is 39.4 Å². The van der Waals surface area contributed by atoms with Gasteiger partial charge in [0.2, 0.25) is 5.95 Å². The molecular weight excluding hydrogens is 621 g/mol. The Balaban J connectivity index is 1.14. The number of likely N-dealkylation sites (tertiary alicyclic amines) is 1. The van der Waals surface area contributed by atoms with Crippen LogP contribution in [0.2, 0.25) is 0 Å². The molecular formula is C35H31F3N8O2. The van der Waals surface area contributed by atoms with Crippen LogP contribution in [0.3, 0.4) is 0 Å². The van der Waals surface area contributed by atoms with Gasteiger partial charge in [-0.15, -0.1) is 0 Å². The van der Waals surface area contributed by atoms with Crippen LogP contribution in [0.4, 0.5) is 30.5 Å². The van der Waals surface area contributed by atoms with E-state index in [9.17, 15) is 22.8 Å². The maximum absolute atomic E-state index is 14.9. The first kappa shape index (κ1) is 32.2. The Morgan fingerprint density at radius 3 is 2.62 bits per heavy atom. The van der Waals surface area contributed by atoms with Crippen molar-refractivity contribution in [3.05, 3.63) is 118 Å². The fourth-order valence-electron chi connectivity index (χ4n) is 5.34. The van der Waals surface area contributed by atoms with Gasteiger partial charge in [-0.05, 0) is 87.1 Å². The molecule has 0 bridgehead atoms. The highest BCUT2D eigenvalue weighted by molar-refractivity contribution is 5.93.